The van der Waals surface area contributed by atoms with Gasteiger partial charge in [-0.2, -0.15) is 0 Å². The van der Waals surface area contributed by atoms with Crippen LogP contribution < -0.4 is 5.32 Å². The van der Waals surface area contributed by atoms with Crippen molar-refractivity contribution in [2.45, 2.75) is 52.1 Å². The van der Waals surface area contributed by atoms with E-state index in [2.05, 4.69) is 5.32 Å². The number of allylic oxidation sites excluding steroid dienone is 1. The summed E-state index contributed by atoms with van der Waals surface area (Å²) in [5, 5.41) is 2.85. The molecule has 2 rings (SSSR count). The van der Waals surface area contributed by atoms with Crippen molar-refractivity contribution in [2.75, 3.05) is 6.54 Å². The zero-order chi connectivity index (χ0) is 13.3. The Morgan fingerprint density at radius 3 is 2.56 bits per heavy atom. The number of nitrogens with one attached hydrogen (secondary N) is 1. The number of carbonyl (C=O) groups is 2. The molecule has 18 heavy (non-hydrogen) atoms. The average molecular weight is 250 g/mol. The first-order valence-corrected chi connectivity index (χ1v) is 6.78. The number of hydrogen-bond donors (Lipinski definition) is 1. The van der Waals surface area contributed by atoms with Gasteiger partial charge in [0, 0.05) is 6.54 Å². The lowest BCUT2D eigenvalue weighted by Gasteiger charge is -2.38. The SMILES string of the molecule is CCC1NC(=O)C(C2CC2)N(CC=C(C)C)C1=O. The molecular formula is C14H22N2O2. The fourth-order valence-corrected chi connectivity index (χ4v) is 2.44. The Hall–Kier alpha value is -1.32. The molecule has 2 fully saturated rings. The van der Waals surface area contributed by atoms with Crippen molar-refractivity contribution in [3.05, 3.63) is 11.6 Å². The van der Waals surface area contributed by atoms with Gasteiger partial charge in [0.05, 0.1) is 0 Å². The molecule has 0 spiro atoms. The van der Waals surface area contributed by atoms with Crippen LogP contribution in [0.5, 0.6) is 0 Å². The Kier molecular flexibility index (Phi) is 3.73. The summed E-state index contributed by atoms with van der Waals surface area (Å²) < 4.78 is 0. The van der Waals surface area contributed by atoms with E-state index in [1.165, 1.54) is 5.57 Å². The molecule has 1 aliphatic heterocycles. The summed E-state index contributed by atoms with van der Waals surface area (Å²) in [5.41, 5.74) is 1.18. The van der Waals surface area contributed by atoms with Crippen molar-refractivity contribution in [1.29, 1.82) is 0 Å². The Balaban J connectivity index is 2.18. The summed E-state index contributed by atoms with van der Waals surface area (Å²) in [7, 11) is 0. The third-order valence-corrected chi connectivity index (χ3v) is 3.68. The Morgan fingerprint density at radius 2 is 2.06 bits per heavy atom. The van der Waals surface area contributed by atoms with Gasteiger partial charge in [-0.1, -0.05) is 18.6 Å². The standard InChI is InChI=1S/C14H22N2O2/c1-4-11-14(18)16(8-7-9(2)3)12(10-5-6-10)13(17)15-11/h7,10-12H,4-6,8H2,1-3H3,(H,15,17). The summed E-state index contributed by atoms with van der Waals surface area (Å²) in [6.45, 7) is 6.52. The fourth-order valence-electron chi connectivity index (χ4n) is 2.44. The van der Waals surface area contributed by atoms with E-state index in [1.54, 1.807) is 4.90 Å². The van der Waals surface area contributed by atoms with E-state index in [9.17, 15) is 9.59 Å². The number of amides is 2. The molecule has 4 heteroatoms. The average Bonchev–Trinajstić information content (AvgIpc) is 3.13. The first-order chi connectivity index (χ1) is 8.54. The molecule has 2 unspecified atom stereocenters. The molecule has 2 aliphatic rings. The van der Waals surface area contributed by atoms with Crippen LogP contribution in [0.1, 0.15) is 40.0 Å². The van der Waals surface area contributed by atoms with Crippen molar-refractivity contribution in [3.63, 3.8) is 0 Å². The van der Waals surface area contributed by atoms with Crippen LogP contribution in [0, 0.1) is 5.92 Å². The molecule has 1 heterocycles. The van der Waals surface area contributed by atoms with Crippen LogP contribution in [0.15, 0.2) is 11.6 Å². The van der Waals surface area contributed by atoms with Crippen LogP contribution in [0.2, 0.25) is 0 Å². The highest BCUT2D eigenvalue weighted by atomic mass is 16.2. The fraction of sp³-hybridized carbons (Fsp3) is 0.714. The van der Waals surface area contributed by atoms with Crippen molar-refractivity contribution < 1.29 is 9.59 Å². The third kappa shape index (κ3) is 2.57. The number of nitrogens with zero attached hydrogens (tertiary/aromatic N) is 1. The molecule has 0 aromatic heterocycles. The van der Waals surface area contributed by atoms with E-state index >= 15 is 0 Å². The van der Waals surface area contributed by atoms with Crippen LogP contribution in [-0.4, -0.2) is 35.3 Å². The predicted octanol–water partition coefficient (Wildman–Crippen LogP) is 1.47. The Bertz CT molecular complexity index is 381. The topological polar surface area (TPSA) is 49.4 Å². The van der Waals surface area contributed by atoms with Crippen molar-refractivity contribution >= 4 is 11.8 Å². The third-order valence-electron chi connectivity index (χ3n) is 3.68. The van der Waals surface area contributed by atoms with Crippen LogP contribution >= 0.6 is 0 Å². The minimum atomic E-state index is -0.335. The van der Waals surface area contributed by atoms with Gasteiger partial charge in [0.2, 0.25) is 11.8 Å². The molecule has 4 nitrogen and oxygen atoms in total. The summed E-state index contributed by atoms with van der Waals surface area (Å²) >= 11 is 0. The van der Waals surface area contributed by atoms with E-state index in [4.69, 9.17) is 0 Å². The summed E-state index contributed by atoms with van der Waals surface area (Å²) in [6.07, 6.45) is 4.81. The molecule has 1 saturated heterocycles. The van der Waals surface area contributed by atoms with Gasteiger partial charge in [-0.05, 0) is 39.0 Å². The highest BCUT2D eigenvalue weighted by molar-refractivity contribution is 5.97. The second-order valence-corrected chi connectivity index (χ2v) is 5.52. The van der Waals surface area contributed by atoms with Gasteiger partial charge in [-0.3, -0.25) is 9.59 Å². The van der Waals surface area contributed by atoms with E-state index in [0.717, 1.165) is 12.8 Å². The van der Waals surface area contributed by atoms with Crippen LogP contribution in [0.3, 0.4) is 0 Å². The molecule has 0 bridgehead atoms. The highest BCUT2D eigenvalue weighted by Gasteiger charge is 2.46. The molecule has 100 valence electrons. The first-order valence-electron chi connectivity index (χ1n) is 6.78. The minimum absolute atomic E-state index is 0.0334. The van der Waals surface area contributed by atoms with Crippen molar-refractivity contribution in [3.8, 4) is 0 Å². The maximum absolute atomic E-state index is 12.3. The lowest BCUT2D eigenvalue weighted by atomic mass is 10.0. The lowest BCUT2D eigenvalue weighted by molar-refractivity contribution is -0.149. The first kappa shape index (κ1) is 13.1. The number of carbonyl (C=O) groups excluding carboxylic acids is 2. The molecule has 1 saturated carbocycles. The van der Waals surface area contributed by atoms with Gasteiger partial charge < -0.3 is 10.2 Å². The van der Waals surface area contributed by atoms with Crippen molar-refractivity contribution in [1.82, 2.24) is 10.2 Å². The summed E-state index contributed by atoms with van der Waals surface area (Å²) in [4.78, 5) is 26.2. The molecule has 0 radical (unpaired) electrons. The molecule has 2 atom stereocenters. The van der Waals surface area contributed by atoms with Gasteiger partial charge in [-0.25, -0.2) is 0 Å². The lowest BCUT2D eigenvalue weighted by Crippen LogP contribution is -2.63. The van der Waals surface area contributed by atoms with E-state index < -0.39 is 0 Å². The highest BCUT2D eigenvalue weighted by Crippen LogP contribution is 2.37. The monoisotopic (exact) mass is 250 g/mol. The predicted molar refractivity (Wildman–Crippen MR) is 69.9 cm³/mol. The van der Waals surface area contributed by atoms with Crippen molar-refractivity contribution in [2.24, 2.45) is 5.92 Å². The Labute approximate surface area is 108 Å². The maximum Gasteiger partial charge on any atom is 0.246 e. The maximum atomic E-state index is 12.3. The van der Waals surface area contributed by atoms with E-state index in [1.807, 2.05) is 26.8 Å². The molecule has 2 amide bonds. The normalized spacial score (nSPS) is 28.1. The van der Waals surface area contributed by atoms with Gasteiger partial charge in [0.1, 0.15) is 12.1 Å². The second-order valence-electron chi connectivity index (χ2n) is 5.52. The largest absolute Gasteiger partial charge is 0.343 e. The summed E-state index contributed by atoms with van der Waals surface area (Å²) in [6, 6.07) is -0.575. The van der Waals surface area contributed by atoms with Gasteiger partial charge >= 0.3 is 0 Å². The van der Waals surface area contributed by atoms with E-state index in [0.29, 0.717) is 18.9 Å². The zero-order valence-electron chi connectivity index (χ0n) is 11.4. The number of hydrogen-bond acceptors (Lipinski definition) is 2. The molecule has 0 aromatic carbocycles. The number of rotatable bonds is 4. The molecule has 0 aromatic rings. The smallest absolute Gasteiger partial charge is 0.246 e. The zero-order valence-corrected chi connectivity index (χ0v) is 11.4. The Morgan fingerprint density at radius 1 is 1.39 bits per heavy atom. The molecule has 1 aliphatic carbocycles. The van der Waals surface area contributed by atoms with Crippen LogP contribution in [0.4, 0.5) is 0 Å². The minimum Gasteiger partial charge on any atom is -0.343 e. The van der Waals surface area contributed by atoms with Gasteiger partial charge in [0.15, 0.2) is 0 Å². The van der Waals surface area contributed by atoms with Crippen LogP contribution in [-0.2, 0) is 9.59 Å². The van der Waals surface area contributed by atoms with Gasteiger partial charge in [0.25, 0.3) is 0 Å². The second kappa shape index (κ2) is 5.12. The van der Waals surface area contributed by atoms with Crippen LogP contribution in [0.25, 0.3) is 0 Å². The quantitative estimate of drug-likeness (QED) is 0.768. The molecular weight excluding hydrogens is 228 g/mol. The summed E-state index contributed by atoms with van der Waals surface area (Å²) in [5.74, 6) is 0.481. The molecule has 1 N–H and O–H groups in total. The van der Waals surface area contributed by atoms with Gasteiger partial charge in [-0.15, -0.1) is 0 Å². The van der Waals surface area contributed by atoms with E-state index in [-0.39, 0.29) is 23.9 Å². The number of piperazine rings is 1.